The van der Waals surface area contributed by atoms with Crippen LogP contribution in [0.4, 0.5) is 5.82 Å². The van der Waals surface area contributed by atoms with Gasteiger partial charge in [0, 0.05) is 36.5 Å². The average Bonchev–Trinajstić information content (AvgIpc) is 2.73. The molecular formula is C20H23N5O2. The molecule has 140 valence electrons. The van der Waals surface area contributed by atoms with E-state index in [4.69, 9.17) is 9.47 Å². The largest absolute Gasteiger partial charge is 0.496 e. The Morgan fingerprint density at radius 1 is 1.07 bits per heavy atom. The van der Waals surface area contributed by atoms with Crippen molar-refractivity contribution in [3.05, 3.63) is 54.6 Å². The van der Waals surface area contributed by atoms with Crippen LogP contribution in [0.2, 0.25) is 0 Å². The predicted molar refractivity (Wildman–Crippen MR) is 104 cm³/mol. The molecule has 2 heterocycles. The molecule has 2 aromatic heterocycles. The zero-order valence-electron chi connectivity index (χ0n) is 15.7. The highest BCUT2D eigenvalue weighted by Crippen LogP contribution is 2.26. The van der Waals surface area contributed by atoms with E-state index in [1.807, 2.05) is 31.2 Å². The van der Waals surface area contributed by atoms with Crippen molar-refractivity contribution in [3.8, 4) is 23.0 Å². The lowest BCUT2D eigenvalue weighted by molar-refractivity contribution is 0.312. The number of nitrogens with one attached hydrogen (secondary N) is 1. The van der Waals surface area contributed by atoms with Gasteiger partial charge in [-0.3, -0.25) is 0 Å². The van der Waals surface area contributed by atoms with Gasteiger partial charge in [0.05, 0.1) is 19.4 Å². The van der Waals surface area contributed by atoms with Crippen LogP contribution in [0.3, 0.4) is 0 Å². The monoisotopic (exact) mass is 365 g/mol. The third-order valence-electron chi connectivity index (χ3n) is 4.12. The second-order valence-corrected chi connectivity index (χ2v) is 6.00. The molecule has 7 heteroatoms. The molecule has 3 rings (SSSR count). The van der Waals surface area contributed by atoms with Gasteiger partial charge in [-0.2, -0.15) is 0 Å². The van der Waals surface area contributed by atoms with Crippen molar-refractivity contribution >= 4 is 5.82 Å². The fourth-order valence-corrected chi connectivity index (χ4v) is 2.71. The number of rotatable bonds is 8. The molecule has 0 aliphatic heterocycles. The smallest absolute Gasteiger partial charge is 0.316 e. The lowest BCUT2D eigenvalue weighted by Crippen LogP contribution is -2.12. The molecule has 0 fully saturated rings. The van der Waals surface area contributed by atoms with Crippen LogP contribution in [0, 0.1) is 0 Å². The lowest BCUT2D eigenvalue weighted by atomic mass is 10.00. The minimum absolute atomic E-state index is 0.258. The van der Waals surface area contributed by atoms with Crippen LogP contribution >= 0.6 is 0 Å². The number of methoxy groups -OCH3 is 1. The summed E-state index contributed by atoms with van der Waals surface area (Å²) in [6, 6.07) is 10.3. The van der Waals surface area contributed by atoms with Gasteiger partial charge in [-0.05, 0) is 18.6 Å². The molecule has 0 saturated heterocycles. The van der Waals surface area contributed by atoms with Crippen molar-refractivity contribution < 1.29 is 9.47 Å². The molecule has 0 spiro atoms. The van der Waals surface area contributed by atoms with E-state index in [2.05, 4.69) is 38.2 Å². The third-order valence-corrected chi connectivity index (χ3v) is 4.12. The Labute approximate surface area is 158 Å². The highest BCUT2D eigenvalue weighted by Gasteiger charge is 2.11. The summed E-state index contributed by atoms with van der Waals surface area (Å²) < 4.78 is 10.7. The van der Waals surface area contributed by atoms with Gasteiger partial charge in [0.2, 0.25) is 0 Å². The first-order chi connectivity index (χ1) is 13.2. The molecule has 3 aromatic rings. The fraction of sp³-hybridized carbons (Fsp3) is 0.300. The van der Waals surface area contributed by atoms with E-state index in [1.165, 1.54) is 6.33 Å². The van der Waals surface area contributed by atoms with Gasteiger partial charge in [-0.1, -0.05) is 25.1 Å². The molecule has 0 amide bonds. The first-order valence-electron chi connectivity index (χ1n) is 8.85. The Bertz CT molecular complexity index is 870. The molecule has 0 radical (unpaired) electrons. The summed E-state index contributed by atoms with van der Waals surface area (Å²) in [6.07, 6.45) is 4.92. The van der Waals surface area contributed by atoms with E-state index < -0.39 is 0 Å². The van der Waals surface area contributed by atoms with E-state index in [-0.39, 0.29) is 5.92 Å². The van der Waals surface area contributed by atoms with Gasteiger partial charge >= 0.3 is 6.01 Å². The SMILES string of the molecule is CCOc1ncc(-c2cc(NC[C@@H](C)c3ccccc3OC)ncn2)cn1. The molecule has 0 unspecified atom stereocenters. The number of ether oxygens (including phenoxy) is 2. The van der Waals surface area contributed by atoms with Gasteiger partial charge in [0.1, 0.15) is 17.9 Å². The second kappa shape index (κ2) is 8.93. The second-order valence-electron chi connectivity index (χ2n) is 6.00. The molecule has 0 saturated carbocycles. The maximum Gasteiger partial charge on any atom is 0.316 e. The average molecular weight is 365 g/mol. The van der Waals surface area contributed by atoms with Crippen LogP contribution in [0.15, 0.2) is 49.1 Å². The van der Waals surface area contributed by atoms with E-state index in [1.54, 1.807) is 19.5 Å². The molecule has 7 nitrogen and oxygen atoms in total. The maximum absolute atomic E-state index is 5.44. The lowest BCUT2D eigenvalue weighted by Gasteiger charge is -2.16. The fourth-order valence-electron chi connectivity index (χ4n) is 2.71. The van der Waals surface area contributed by atoms with Crippen molar-refractivity contribution in [1.29, 1.82) is 0 Å². The normalized spacial score (nSPS) is 11.7. The van der Waals surface area contributed by atoms with Crippen molar-refractivity contribution in [2.45, 2.75) is 19.8 Å². The highest BCUT2D eigenvalue weighted by molar-refractivity contribution is 5.60. The summed E-state index contributed by atoms with van der Waals surface area (Å²) in [5, 5.41) is 3.36. The summed E-state index contributed by atoms with van der Waals surface area (Å²) in [5.74, 6) is 1.89. The number of aromatic nitrogens is 4. The first-order valence-corrected chi connectivity index (χ1v) is 8.85. The molecular weight excluding hydrogens is 342 g/mol. The van der Waals surface area contributed by atoms with Crippen molar-refractivity contribution in [1.82, 2.24) is 19.9 Å². The maximum atomic E-state index is 5.44. The number of nitrogens with zero attached hydrogens (tertiary/aromatic N) is 4. The minimum Gasteiger partial charge on any atom is -0.496 e. The zero-order chi connectivity index (χ0) is 19.1. The Morgan fingerprint density at radius 2 is 1.85 bits per heavy atom. The van der Waals surface area contributed by atoms with Gasteiger partial charge in [-0.25, -0.2) is 19.9 Å². The van der Waals surface area contributed by atoms with Crippen molar-refractivity contribution in [2.75, 3.05) is 25.6 Å². The summed E-state index contributed by atoms with van der Waals surface area (Å²) in [5.41, 5.74) is 2.71. The summed E-state index contributed by atoms with van der Waals surface area (Å²) in [4.78, 5) is 17.0. The molecule has 1 atom stereocenters. The van der Waals surface area contributed by atoms with E-state index in [0.29, 0.717) is 12.6 Å². The molecule has 0 bridgehead atoms. The quantitative estimate of drug-likeness (QED) is 0.653. The van der Waals surface area contributed by atoms with Crippen LogP contribution in [0.25, 0.3) is 11.3 Å². The van der Waals surface area contributed by atoms with Gasteiger partial charge in [0.25, 0.3) is 0 Å². The Morgan fingerprint density at radius 3 is 2.59 bits per heavy atom. The van der Waals surface area contributed by atoms with E-state index in [9.17, 15) is 0 Å². The van der Waals surface area contributed by atoms with Crippen LogP contribution in [0.5, 0.6) is 11.8 Å². The summed E-state index contributed by atoms with van der Waals surface area (Å²) in [6.45, 7) is 5.29. The highest BCUT2D eigenvalue weighted by atomic mass is 16.5. The van der Waals surface area contributed by atoms with E-state index >= 15 is 0 Å². The van der Waals surface area contributed by atoms with E-state index in [0.717, 1.165) is 34.9 Å². The summed E-state index contributed by atoms with van der Waals surface area (Å²) >= 11 is 0. The number of benzene rings is 1. The van der Waals surface area contributed by atoms with Gasteiger partial charge in [-0.15, -0.1) is 0 Å². The van der Waals surface area contributed by atoms with Gasteiger partial charge in [0.15, 0.2) is 0 Å². The first kappa shape index (κ1) is 18.6. The number of hydrogen-bond donors (Lipinski definition) is 1. The summed E-state index contributed by atoms with van der Waals surface area (Å²) in [7, 11) is 1.69. The Balaban J connectivity index is 1.68. The number of hydrogen-bond acceptors (Lipinski definition) is 7. The standard InChI is InChI=1S/C20H23N5O2/c1-4-27-20-22-11-15(12-23-20)17-9-19(25-13-24-17)21-10-14(2)16-7-5-6-8-18(16)26-3/h5-9,11-14H,4,10H2,1-3H3,(H,21,24,25)/t14-/m1/s1. The number of anilines is 1. The Kier molecular flexibility index (Phi) is 6.14. The van der Waals surface area contributed by atoms with Gasteiger partial charge < -0.3 is 14.8 Å². The minimum atomic E-state index is 0.258. The number of para-hydroxylation sites is 1. The third kappa shape index (κ3) is 4.69. The van der Waals surface area contributed by atoms with Crippen LogP contribution in [-0.2, 0) is 0 Å². The van der Waals surface area contributed by atoms with Crippen LogP contribution < -0.4 is 14.8 Å². The Hall–Kier alpha value is -3.22. The topological polar surface area (TPSA) is 82.0 Å². The molecule has 0 aliphatic rings. The molecule has 1 aromatic carbocycles. The predicted octanol–water partition coefficient (Wildman–Crippen LogP) is 3.56. The molecule has 1 N–H and O–H groups in total. The van der Waals surface area contributed by atoms with Crippen molar-refractivity contribution in [2.24, 2.45) is 0 Å². The molecule has 27 heavy (non-hydrogen) atoms. The van der Waals surface area contributed by atoms with Crippen LogP contribution in [-0.4, -0.2) is 40.2 Å². The zero-order valence-corrected chi connectivity index (χ0v) is 15.7. The van der Waals surface area contributed by atoms with Crippen molar-refractivity contribution in [3.63, 3.8) is 0 Å². The van der Waals surface area contributed by atoms with Crippen LogP contribution in [0.1, 0.15) is 25.3 Å². The molecule has 0 aliphatic carbocycles.